The van der Waals surface area contributed by atoms with Gasteiger partial charge in [0.2, 0.25) is 0 Å². The number of amides is 1. The number of hydrogen-bond donors (Lipinski definition) is 1. The molecule has 0 radical (unpaired) electrons. The van der Waals surface area contributed by atoms with Crippen LogP contribution in [-0.4, -0.2) is 34.3 Å². The molecule has 0 aliphatic rings. The maximum Gasteiger partial charge on any atom is 0.390 e. The number of carbonyl (C=O) groups excluding carboxylic acids is 1. The van der Waals surface area contributed by atoms with Crippen molar-refractivity contribution in [3.8, 4) is 11.5 Å². The van der Waals surface area contributed by atoms with Crippen molar-refractivity contribution in [2.45, 2.75) is 26.5 Å². The van der Waals surface area contributed by atoms with Gasteiger partial charge in [0.25, 0.3) is 5.91 Å². The molecule has 9 nitrogen and oxygen atoms in total. The van der Waals surface area contributed by atoms with Crippen molar-refractivity contribution in [1.82, 2.24) is 9.78 Å². The van der Waals surface area contributed by atoms with Crippen LogP contribution in [0.25, 0.3) is 0 Å². The maximum atomic E-state index is 12.4. The number of nitrogens with one attached hydrogen (secondary N) is 1. The molecule has 2 rings (SSSR count). The van der Waals surface area contributed by atoms with Gasteiger partial charge < -0.3 is 24.9 Å². The minimum atomic E-state index is -3.01. The number of methoxy groups -OCH3 is 1. The van der Waals surface area contributed by atoms with Crippen molar-refractivity contribution in [3.63, 3.8) is 0 Å². The molecule has 1 aromatic carbocycles. The number of hydrogen-bond acceptors (Lipinski definition) is 6. The van der Waals surface area contributed by atoms with Crippen LogP contribution in [0, 0.1) is 17.0 Å². The minimum absolute atomic E-state index is 0.0154. The van der Waals surface area contributed by atoms with Crippen molar-refractivity contribution in [2.24, 2.45) is 0 Å². The molecule has 11 heteroatoms. The summed E-state index contributed by atoms with van der Waals surface area (Å²) in [6.45, 7) is 0.0938. The van der Waals surface area contributed by atoms with Gasteiger partial charge in [-0.1, -0.05) is 0 Å². The lowest BCUT2D eigenvalue weighted by molar-refractivity contribution is -0.389. The third-order valence-corrected chi connectivity index (χ3v) is 3.49. The van der Waals surface area contributed by atoms with Crippen molar-refractivity contribution in [1.29, 1.82) is 0 Å². The number of aromatic nitrogens is 2. The van der Waals surface area contributed by atoms with Crippen LogP contribution in [0.5, 0.6) is 11.5 Å². The quantitative estimate of drug-likeness (QED) is 0.593. The summed E-state index contributed by atoms with van der Waals surface area (Å²) < 4.78 is 35.2. The Morgan fingerprint density at radius 3 is 2.58 bits per heavy atom. The number of ether oxygens (including phenoxy) is 2. The lowest BCUT2D eigenvalue weighted by atomic mass is 10.2. The lowest BCUT2D eigenvalue weighted by Gasteiger charge is -2.14. The zero-order valence-electron chi connectivity index (χ0n) is 14.1. The van der Waals surface area contributed by atoms with Crippen LogP contribution >= 0.6 is 0 Å². The Morgan fingerprint density at radius 2 is 2.04 bits per heavy atom. The van der Waals surface area contributed by atoms with Gasteiger partial charge in [-0.25, -0.2) is 0 Å². The molecule has 2 aromatic rings. The van der Waals surface area contributed by atoms with Crippen LogP contribution < -0.4 is 14.8 Å². The van der Waals surface area contributed by atoms with Gasteiger partial charge in [-0.05, 0) is 30.9 Å². The van der Waals surface area contributed by atoms with Crippen LogP contribution in [-0.2, 0) is 4.79 Å². The first-order valence-electron chi connectivity index (χ1n) is 7.37. The number of aryl methyl sites for hydroxylation is 1. The molecule has 0 spiro atoms. The van der Waals surface area contributed by atoms with E-state index in [2.05, 4.69) is 15.2 Å². The van der Waals surface area contributed by atoms with E-state index in [-0.39, 0.29) is 23.0 Å². The number of benzene rings is 1. The number of nitro groups is 1. The fourth-order valence-corrected chi connectivity index (χ4v) is 2.25. The summed E-state index contributed by atoms with van der Waals surface area (Å²) in [5, 5.41) is 17.1. The fourth-order valence-electron chi connectivity index (χ4n) is 2.25. The van der Waals surface area contributed by atoms with E-state index in [0.29, 0.717) is 5.69 Å². The number of nitrogens with zero attached hydrogens (tertiary/aromatic N) is 3. The van der Waals surface area contributed by atoms with Gasteiger partial charge in [0, 0.05) is 11.8 Å². The molecule has 0 aliphatic heterocycles. The molecule has 1 aromatic heterocycles. The molecular formula is C15H16F2N4O5. The van der Waals surface area contributed by atoms with Crippen molar-refractivity contribution < 1.29 is 28.0 Å². The van der Waals surface area contributed by atoms with Crippen LogP contribution in [0.1, 0.15) is 18.7 Å². The van der Waals surface area contributed by atoms with E-state index < -0.39 is 23.5 Å². The topological polar surface area (TPSA) is 109 Å². The second kappa shape index (κ2) is 7.76. The molecule has 0 bridgehead atoms. The number of carbonyl (C=O) groups is 1. The molecule has 0 fully saturated rings. The largest absolute Gasteiger partial charge is 0.493 e. The fraction of sp³-hybridized carbons (Fsp3) is 0.333. The third kappa shape index (κ3) is 4.23. The highest BCUT2D eigenvalue weighted by atomic mass is 19.3. The molecule has 0 aliphatic carbocycles. The Hall–Kier alpha value is -3.24. The van der Waals surface area contributed by atoms with Gasteiger partial charge in [0.15, 0.2) is 11.5 Å². The lowest BCUT2D eigenvalue weighted by Crippen LogP contribution is -2.25. The number of alkyl halides is 2. The number of halogens is 2. The molecule has 0 saturated heterocycles. The Balaban J connectivity index is 2.17. The van der Waals surface area contributed by atoms with E-state index in [0.717, 1.165) is 0 Å². The molecule has 0 saturated carbocycles. The van der Waals surface area contributed by atoms with Crippen LogP contribution in [0.15, 0.2) is 24.3 Å². The van der Waals surface area contributed by atoms with Gasteiger partial charge in [-0.15, -0.1) is 0 Å². The van der Waals surface area contributed by atoms with E-state index >= 15 is 0 Å². The highest BCUT2D eigenvalue weighted by Gasteiger charge is 2.25. The van der Waals surface area contributed by atoms with Gasteiger partial charge in [-0.3, -0.25) is 4.79 Å². The minimum Gasteiger partial charge on any atom is -0.493 e. The van der Waals surface area contributed by atoms with Gasteiger partial charge in [0.05, 0.1) is 24.0 Å². The first kappa shape index (κ1) is 19.1. The highest BCUT2D eigenvalue weighted by molar-refractivity contribution is 5.93. The smallest absolute Gasteiger partial charge is 0.390 e. The predicted molar refractivity (Wildman–Crippen MR) is 86.6 cm³/mol. The van der Waals surface area contributed by atoms with Crippen LogP contribution in [0.3, 0.4) is 0 Å². The van der Waals surface area contributed by atoms with E-state index in [1.807, 2.05) is 0 Å². The van der Waals surface area contributed by atoms with Crippen LogP contribution in [0.4, 0.5) is 20.3 Å². The molecule has 1 atom stereocenters. The Labute approximate surface area is 146 Å². The molecule has 1 N–H and O–H groups in total. The Bertz CT molecular complexity index is 824. The first-order chi connectivity index (χ1) is 12.2. The average Bonchev–Trinajstić information content (AvgIpc) is 2.97. The van der Waals surface area contributed by atoms with Crippen molar-refractivity contribution >= 4 is 17.4 Å². The molecule has 140 valence electrons. The van der Waals surface area contributed by atoms with E-state index in [1.165, 1.54) is 43.0 Å². The summed E-state index contributed by atoms with van der Waals surface area (Å²) in [6, 6.07) is 4.33. The standard InChI is InChI=1S/C15H16F2N4O5/c1-8-6-13(21(23)24)19-20(8)9(2)14(22)18-10-4-5-11(26-15(16)17)12(7-10)25-3/h4-7,9,15H,1-3H3,(H,18,22). The SMILES string of the molecule is COc1cc(NC(=O)C(C)n2nc([N+](=O)[O-])cc2C)ccc1OC(F)F. The van der Waals surface area contributed by atoms with Gasteiger partial charge in [0.1, 0.15) is 6.04 Å². The van der Waals surface area contributed by atoms with Crippen molar-refractivity contribution in [2.75, 3.05) is 12.4 Å². The molecule has 1 heterocycles. The van der Waals surface area contributed by atoms with Gasteiger partial charge >= 0.3 is 12.4 Å². The van der Waals surface area contributed by atoms with E-state index in [1.54, 1.807) is 6.92 Å². The van der Waals surface area contributed by atoms with Crippen LogP contribution in [0.2, 0.25) is 0 Å². The normalized spacial score (nSPS) is 11.9. The van der Waals surface area contributed by atoms with Crippen molar-refractivity contribution in [3.05, 3.63) is 40.1 Å². The average molecular weight is 370 g/mol. The summed E-state index contributed by atoms with van der Waals surface area (Å²) >= 11 is 0. The number of rotatable bonds is 7. The molecule has 26 heavy (non-hydrogen) atoms. The summed E-state index contributed by atoms with van der Waals surface area (Å²) in [6.07, 6.45) is 0. The highest BCUT2D eigenvalue weighted by Crippen LogP contribution is 2.31. The molecular weight excluding hydrogens is 354 g/mol. The van der Waals surface area contributed by atoms with E-state index in [4.69, 9.17) is 4.74 Å². The molecule has 1 amide bonds. The monoisotopic (exact) mass is 370 g/mol. The maximum absolute atomic E-state index is 12.4. The zero-order valence-corrected chi connectivity index (χ0v) is 14.1. The second-order valence-electron chi connectivity index (χ2n) is 5.25. The summed E-state index contributed by atoms with van der Waals surface area (Å²) in [4.78, 5) is 22.5. The predicted octanol–water partition coefficient (Wildman–Crippen LogP) is 2.91. The van der Waals surface area contributed by atoms with Gasteiger partial charge in [-0.2, -0.15) is 13.5 Å². The summed E-state index contributed by atoms with van der Waals surface area (Å²) in [5.74, 6) is -1.03. The second-order valence-corrected chi connectivity index (χ2v) is 5.25. The molecule has 1 unspecified atom stereocenters. The number of anilines is 1. The van der Waals surface area contributed by atoms with E-state index in [9.17, 15) is 23.7 Å². The zero-order chi connectivity index (χ0) is 19.4. The first-order valence-corrected chi connectivity index (χ1v) is 7.37. The Kier molecular flexibility index (Phi) is 5.70. The third-order valence-electron chi connectivity index (χ3n) is 3.49. The summed E-state index contributed by atoms with van der Waals surface area (Å²) in [5.41, 5.74) is 0.720. The Morgan fingerprint density at radius 1 is 1.35 bits per heavy atom. The summed E-state index contributed by atoms with van der Waals surface area (Å²) in [7, 11) is 1.27.